The zero-order chi connectivity index (χ0) is 41.0. The predicted molar refractivity (Wildman–Crippen MR) is 229 cm³/mol. The number of fused-ring (bicyclic) bond motifs is 3. The van der Waals surface area contributed by atoms with Crippen LogP contribution in [0.2, 0.25) is 0 Å². The van der Waals surface area contributed by atoms with Gasteiger partial charge in [0.1, 0.15) is 24.7 Å². The highest BCUT2D eigenvalue weighted by Gasteiger charge is 2.29. The number of nitrogens with one attached hydrogen (secondary N) is 1. The van der Waals surface area contributed by atoms with Crippen molar-refractivity contribution in [2.24, 2.45) is 9.98 Å². The van der Waals surface area contributed by atoms with Crippen LogP contribution in [0.3, 0.4) is 0 Å². The number of nitrogens with zero attached hydrogens (tertiary/aromatic N) is 5. The van der Waals surface area contributed by atoms with Crippen molar-refractivity contribution in [3.8, 4) is 11.5 Å². The van der Waals surface area contributed by atoms with Crippen LogP contribution in [0.15, 0.2) is 65.4 Å². The summed E-state index contributed by atoms with van der Waals surface area (Å²) in [5.74, 6) is 1.42. The van der Waals surface area contributed by atoms with Gasteiger partial charge in [-0.3, -0.25) is 19.7 Å². The standard InChI is InChI=1S/C13H14N2OS.C12H14N2O3S.C12H12N2O2S.Cl2OS/c1-8-5-14-6-11-9(8)4-10(17-11)12-15-13(2,3)7-16-12;1-12(2,6-15)14-11(17)9-3-7-8(16)4-13-5-10(7)18-9;1-12(2)6-16-11(14-12)9-3-7-8(15)4-13-5-10(7)17-9;1-4(2)3/h4-6H,7H2,1-3H3;3-5,15-16H,6H2,1-2H3,(H,14,17);3-5,15H,6H2,1-2H3;. The number of aromatic hydroxyl groups is 2. The number of hydrogen-bond donors (Lipinski definition) is 4. The van der Waals surface area contributed by atoms with Crippen molar-refractivity contribution in [2.45, 2.75) is 65.1 Å². The lowest BCUT2D eigenvalue weighted by Gasteiger charge is -2.22. The molecule has 6 aromatic rings. The van der Waals surface area contributed by atoms with Crippen molar-refractivity contribution in [2.75, 3.05) is 19.8 Å². The minimum absolute atomic E-state index is 0.0595. The first-order valence-electron chi connectivity index (χ1n) is 16.9. The molecule has 0 aliphatic carbocycles. The summed E-state index contributed by atoms with van der Waals surface area (Å²) in [6, 6.07) is 5.67. The minimum Gasteiger partial charge on any atom is -0.506 e. The van der Waals surface area contributed by atoms with E-state index in [1.54, 1.807) is 43.6 Å². The molecule has 0 bridgehead atoms. The summed E-state index contributed by atoms with van der Waals surface area (Å²) in [6.45, 7) is 14.9. The number of halogens is 2. The van der Waals surface area contributed by atoms with Crippen molar-refractivity contribution in [1.29, 1.82) is 0 Å². The molecule has 0 unspecified atom stereocenters. The van der Waals surface area contributed by atoms with Gasteiger partial charge in [-0.1, -0.05) is 0 Å². The van der Waals surface area contributed by atoms with Gasteiger partial charge in [-0.15, -0.1) is 34.0 Å². The molecule has 0 fully saturated rings. The van der Waals surface area contributed by atoms with Crippen molar-refractivity contribution < 1.29 is 33.8 Å². The van der Waals surface area contributed by atoms with E-state index in [1.165, 1.54) is 50.7 Å². The topological polar surface area (TPSA) is 189 Å². The average Bonchev–Trinajstić information content (AvgIpc) is 3.95. The Labute approximate surface area is 346 Å². The van der Waals surface area contributed by atoms with E-state index in [4.69, 9.17) is 18.8 Å². The zero-order valence-electron chi connectivity index (χ0n) is 31.4. The van der Waals surface area contributed by atoms with Crippen molar-refractivity contribution >= 4 is 113 Å². The molecule has 0 aromatic carbocycles. The molecule has 4 N–H and O–H groups in total. The first-order chi connectivity index (χ1) is 26.3. The molecule has 0 atom stereocenters. The van der Waals surface area contributed by atoms with E-state index < -0.39 is 14.8 Å². The number of aliphatic hydroxyl groups is 1. The first kappa shape index (κ1) is 43.2. The Morgan fingerprint density at radius 3 is 1.62 bits per heavy atom. The van der Waals surface area contributed by atoms with Crippen LogP contribution in [0.25, 0.3) is 30.3 Å². The summed E-state index contributed by atoms with van der Waals surface area (Å²) in [5, 5.41) is 33.8. The number of aromatic nitrogens is 3. The molecule has 8 rings (SSSR count). The molecule has 0 saturated carbocycles. The molecule has 8 heterocycles. The van der Waals surface area contributed by atoms with Gasteiger partial charge in [0.25, 0.3) is 5.91 Å². The van der Waals surface area contributed by atoms with Crippen molar-refractivity contribution in [3.63, 3.8) is 0 Å². The van der Waals surface area contributed by atoms with Crippen LogP contribution >= 0.6 is 55.4 Å². The Bertz CT molecular complexity index is 2350. The number of thiophene rings is 3. The van der Waals surface area contributed by atoms with Crippen LogP contribution in [0, 0.1) is 6.92 Å². The highest BCUT2D eigenvalue weighted by molar-refractivity contribution is 8.26. The van der Waals surface area contributed by atoms with Gasteiger partial charge in [0, 0.05) is 56.9 Å². The van der Waals surface area contributed by atoms with E-state index in [-0.39, 0.29) is 35.1 Å². The maximum atomic E-state index is 12.0. The number of carbonyl (C=O) groups is 1. The molecule has 6 aromatic heterocycles. The Morgan fingerprint density at radius 1 is 0.786 bits per heavy atom. The van der Waals surface area contributed by atoms with Gasteiger partial charge in [0.05, 0.1) is 64.3 Å². The number of aliphatic imine (C=N–C) groups is 2. The van der Waals surface area contributed by atoms with E-state index in [0.29, 0.717) is 29.4 Å². The molecule has 2 aliphatic heterocycles. The number of amides is 1. The highest BCUT2D eigenvalue weighted by atomic mass is 36.0. The van der Waals surface area contributed by atoms with Crippen molar-refractivity contribution in [1.82, 2.24) is 20.3 Å². The van der Waals surface area contributed by atoms with E-state index >= 15 is 0 Å². The molecule has 298 valence electrons. The minimum atomic E-state index is -1.67. The lowest BCUT2D eigenvalue weighted by atomic mass is 10.1. The zero-order valence-corrected chi connectivity index (χ0v) is 36.2. The summed E-state index contributed by atoms with van der Waals surface area (Å²) in [7, 11) is 7.36. The van der Waals surface area contributed by atoms with Crippen LogP contribution in [-0.4, -0.2) is 88.6 Å². The molecular formula is C37H40Cl2N6O7S4. The summed E-state index contributed by atoms with van der Waals surface area (Å²) in [5.41, 5.74) is 0.265. The molecular weight excluding hydrogens is 840 g/mol. The van der Waals surface area contributed by atoms with Crippen LogP contribution in [0.1, 0.15) is 66.5 Å². The molecule has 56 heavy (non-hydrogen) atoms. The van der Waals surface area contributed by atoms with Gasteiger partial charge in [0.15, 0.2) is 0 Å². The van der Waals surface area contributed by atoms with Gasteiger partial charge in [-0.25, -0.2) is 14.2 Å². The van der Waals surface area contributed by atoms with Crippen molar-refractivity contribution in [3.05, 3.63) is 75.6 Å². The molecule has 0 spiro atoms. The van der Waals surface area contributed by atoms with Gasteiger partial charge >= 0.3 is 0 Å². The van der Waals surface area contributed by atoms with E-state index in [1.807, 2.05) is 32.3 Å². The number of aliphatic hydroxyl groups excluding tert-OH is 1. The number of rotatable bonds is 5. The average molecular weight is 880 g/mol. The van der Waals surface area contributed by atoms with E-state index in [0.717, 1.165) is 30.4 Å². The van der Waals surface area contributed by atoms with Gasteiger partial charge in [-0.05, 0) is 77.6 Å². The second-order valence-corrected chi connectivity index (χ2v) is 20.3. The molecule has 1 amide bonds. The van der Waals surface area contributed by atoms with Gasteiger partial charge in [0.2, 0.25) is 21.0 Å². The van der Waals surface area contributed by atoms with Crippen LogP contribution in [0.4, 0.5) is 0 Å². The Hall–Kier alpha value is -3.97. The fourth-order valence-electron chi connectivity index (χ4n) is 5.14. The second kappa shape index (κ2) is 17.7. The Kier molecular flexibility index (Phi) is 13.6. The number of pyridine rings is 3. The lowest BCUT2D eigenvalue weighted by Crippen LogP contribution is -2.46. The van der Waals surface area contributed by atoms with Crippen LogP contribution in [0.5, 0.6) is 11.5 Å². The summed E-state index contributed by atoms with van der Waals surface area (Å²) < 4.78 is 23.2. The Morgan fingerprint density at radius 2 is 1.21 bits per heavy atom. The molecule has 2 aliphatic rings. The van der Waals surface area contributed by atoms with Gasteiger partial charge < -0.3 is 30.1 Å². The molecule has 19 heteroatoms. The smallest absolute Gasteiger partial charge is 0.261 e. The first-order valence-corrected chi connectivity index (χ1v) is 22.1. The number of aryl methyl sites for hydroxylation is 1. The third kappa shape index (κ3) is 11.1. The maximum absolute atomic E-state index is 12.0. The highest BCUT2D eigenvalue weighted by Crippen LogP contribution is 2.34. The largest absolute Gasteiger partial charge is 0.506 e. The number of ether oxygens (including phenoxy) is 2. The maximum Gasteiger partial charge on any atom is 0.261 e. The normalized spacial score (nSPS) is 15.4. The quantitative estimate of drug-likeness (QED) is 0.123. The fourth-order valence-corrected chi connectivity index (χ4v) is 8.13. The molecule has 13 nitrogen and oxygen atoms in total. The number of carbonyl (C=O) groups excluding carboxylic acids is 1. The third-order valence-corrected chi connectivity index (χ3v) is 11.1. The second-order valence-electron chi connectivity index (χ2n) is 14.6. The predicted octanol–water partition coefficient (Wildman–Crippen LogP) is 8.26. The van der Waals surface area contributed by atoms with Crippen LogP contribution < -0.4 is 5.32 Å². The number of hydrogen-bond acceptors (Lipinski definition) is 15. The van der Waals surface area contributed by atoms with E-state index in [2.05, 4.69) is 78.5 Å². The van der Waals surface area contributed by atoms with Gasteiger partial charge in [-0.2, -0.15) is 0 Å². The summed E-state index contributed by atoms with van der Waals surface area (Å²) in [6.07, 6.45) is 9.92. The molecule has 0 saturated heterocycles. The summed E-state index contributed by atoms with van der Waals surface area (Å²) >= 11 is 4.48. The monoisotopic (exact) mass is 878 g/mol. The molecule has 0 radical (unpaired) electrons. The third-order valence-electron chi connectivity index (χ3n) is 7.92. The fraction of sp³-hybridized carbons (Fsp3) is 0.351. The summed E-state index contributed by atoms with van der Waals surface area (Å²) in [4.78, 5) is 35.7. The lowest BCUT2D eigenvalue weighted by molar-refractivity contribution is 0.0873. The van der Waals surface area contributed by atoms with Crippen LogP contribution in [-0.2, 0) is 18.7 Å². The Balaban J connectivity index is 0.000000153. The van der Waals surface area contributed by atoms with E-state index in [9.17, 15) is 15.0 Å². The SMILES string of the molecule is CC(C)(CO)NC(=O)c1cc2c(O)cncc2s1.CC1(C)COC(c2cc3c(O)cncc3s2)=N1.Cc1cncc2sc(C3=NC(C)(C)CO3)cc12.O=S(Cl)Cl.